The molecule has 1 aromatic carbocycles. The van der Waals surface area contributed by atoms with Gasteiger partial charge in [0.2, 0.25) is 0 Å². The third-order valence-electron chi connectivity index (χ3n) is 1.86. The van der Waals surface area contributed by atoms with Crippen molar-refractivity contribution < 1.29 is 4.79 Å². The smallest absolute Gasteiger partial charge is 0.256 e. The first-order valence-electron chi connectivity index (χ1n) is 4.48. The summed E-state index contributed by atoms with van der Waals surface area (Å²) >= 11 is 10.4. The van der Waals surface area contributed by atoms with Gasteiger partial charge in [-0.25, -0.2) is 0 Å². The first-order valence-corrected chi connectivity index (χ1v) is 5.27. The minimum Gasteiger partial charge on any atom is -0.314 e. The zero-order chi connectivity index (χ0) is 12.8. The van der Waals surface area contributed by atoms with Crippen LogP contribution < -0.4 is 5.32 Å². The maximum Gasteiger partial charge on any atom is 0.256 e. The molecule has 0 saturated heterocycles. The SMILES string of the molecule is N#CC(C#N)C(=S)NC(=O)c1ccc(Cl)cc1. The number of thiocarbonyl (C=S) groups is 1. The lowest BCUT2D eigenvalue weighted by atomic mass is 10.1. The van der Waals surface area contributed by atoms with Crippen LogP contribution >= 0.6 is 23.8 Å². The molecule has 0 saturated carbocycles. The van der Waals surface area contributed by atoms with Crippen LogP contribution in [0.3, 0.4) is 0 Å². The molecular formula is C11H6ClN3OS. The Morgan fingerprint density at radius 2 is 1.82 bits per heavy atom. The summed E-state index contributed by atoms with van der Waals surface area (Å²) in [7, 11) is 0. The quantitative estimate of drug-likeness (QED) is 0.829. The maximum absolute atomic E-state index is 11.6. The molecule has 6 heteroatoms. The molecule has 0 bridgehead atoms. The molecule has 84 valence electrons. The summed E-state index contributed by atoms with van der Waals surface area (Å²) in [6.07, 6.45) is 0. The van der Waals surface area contributed by atoms with Crippen LogP contribution in [-0.4, -0.2) is 10.9 Å². The predicted octanol–water partition coefficient (Wildman–Crippen LogP) is 2.06. The van der Waals surface area contributed by atoms with Crippen LogP contribution in [0.1, 0.15) is 10.4 Å². The molecule has 0 spiro atoms. The molecule has 1 amide bonds. The Balaban J connectivity index is 2.75. The molecule has 0 unspecified atom stereocenters. The molecule has 0 aliphatic rings. The highest BCUT2D eigenvalue weighted by Crippen LogP contribution is 2.09. The van der Waals surface area contributed by atoms with Crippen LogP contribution in [0, 0.1) is 28.6 Å². The van der Waals surface area contributed by atoms with Gasteiger partial charge in [-0.1, -0.05) is 23.8 Å². The number of nitrogens with zero attached hydrogens (tertiary/aromatic N) is 2. The van der Waals surface area contributed by atoms with Gasteiger partial charge in [-0.15, -0.1) is 0 Å². The van der Waals surface area contributed by atoms with Gasteiger partial charge in [-0.3, -0.25) is 4.79 Å². The molecule has 1 rings (SSSR count). The average Bonchev–Trinajstić information content (AvgIpc) is 2.31. The van der Waals surface area contributed by atoms with Crippen molar-refractivity contribution in [3.63, 3.8) is 0 Å². The largest absolute Gasteiger partial charge is 0.314 e. The molecule has 0 fully saturated rings. The van der Waals surface area contributed by atoms with Crippen LogP contribution in [0.4, 0.5) is 0 Å². The number of rotatable bonds is 2. The summed E-state index contributed by atoms with van der Waals surface area (Å²) in [4.78, 5) is 11.5. The number of nitrogens with one attached hydrogen (secondary N) is 1. The van der Waals surface area contributed by atoms with Crippen LogP contribution in [0.15, 0.2) is 24.3 Å². The van der Waals surface area contributed by atoms with Crippen LogP contribution in [-0.2, 0) is 0 Å². The molecule has 0 radical (unpaired) electrons. The lowest BCUT2D eigenvalue weighted by molar-refractivity contribution is 0.0977. The van der Waals surface area contributed by atoms with Crippen molar-refractivity contribution in [2.75, 3.05) is 0 Å². The Bertz CT molecular complexity index is 513. The van der Waals surface area contributed by atoms with Crippen molar-refractivity contribution in [3.05, 3.63) is 34.9 Å². The minimum absolute atomic E-state index is 0.102. The highest BCUT2D eigenvalue weighted by molar-refractivity contribution is 7.80. The summed E-state index contributed by atoms with van der Waals surface area (Å²) in [5.74, 6) is -1.59. The van der Waals surface area contributed by atoms with E-state index < -0.39 is 11.8 Å². The van der Waals surface area contributed by atoms with E-state index in [0.717, 1.165) is 0 Å². The minimum atomic E-state index is -1.12. The molecule has 1 aromatic rings. The number of carbonyl (C=O) groups excluding carboxylic acids is 1. The molecule has 4 nitrogen and oxygen atoms in total. The Hall–Kier alpha value is -1.95. The Labute approximate surface area is 108 Å². The van der Waals surface area contributed by atoms with Gasteiger partial charge >= 0.3 is 0 Å². The second-order valence-electron chi connectivity index (χ2n) is 3.02. The van der Waals surface area contributed by atoms with Crippen molar-refractivity contribution in [1.29, 1.82) is 10.5 Å². The van der Waals surface area contributed by atoms with Crippen molar-refractivity contribution >= 4 is 34.7 Å². The van der Waals surface area contributed by atoms with E-state index in [1.807, 2.05) is 0 Å². The third-order valence-corrected chi connectivity index (χ3v) is 2.45. The lowest BCUT2D eigenvalue weighted by Gasteiger charge is -2.06. The first-order chi connectivity index (χ1) is 8.08. The number of nitriles is 2. The fourth-order valence-electron chi connectivity index (χ4n) is 1.00. The van der Waals surface area contributed by atoms with Crippen molar-refractivity contribution in [2.24, 2.45) is 5.92 Å². The Kier molecular flexibility index (Phi) is 4.59. The van der Waals surface area contributed by atoms with Gasteiger partial charge in [0.15, 0.2) is 5.92 Å². The molecule has 1 N–H and O–H groups in total. The second-order valence-corrected chi connectivity index (χ2v) is 3.89. The normalized spacial score (nSPS) is 9.18. The van der Waals surface area contributed by atoms with Gasteiger partial charge in [-0.05, 0) is 24.3 Å². The second kappa shape index (κ2) is 5.95. The van der Waals surface area contributed by atoms with E-state index in [0.29, 0.717) is 10.6 Å². The number of halogens is 1. The summed E-state index contributed by atoms with van der Waals surface area (Å²) in [6, 6.07) is 9.52. The Morgan fingerprint density at radius 3 is 2.29 bits per heavy atom. The zero-order valence-electron chi connectivity index (χ0n) is 8.48. The average molecular weight is 264 g/mol. The van der Waals surface area contributed by atoms with Gasteiger partial charge < -0.3 is 5.32 Å². The zero-order valence-corrected chi connectivity index (χ0v) is 10.0. The van der Waals surface area contributed by atoms with Gasteiger partial charge in [0, 0.05) is 10.6 Å². The summed E-state index contributed by atoms with van der Waals surface area (Å²) in [6.45, 7) is 0. The van der Waals surface area contributed by atoms with Gasteiger partial charge in [0.25, 0.3) is 5.91 Å². The van der Waals surface area contributed by atoms with Crippen molar-refractivity contribution in [2.45, 2.75) is 0 Å². The lowest BCUT2D eigenvalue weighted by Crippen LogP contribution is -2.33. The fraction of sp³-hybridized carbons (Fsp3) is 0.0909. The summed E-state index contributed by atoms with van der Waals surface area (Å²) in [5.41, 5.74) is 0.353. The van der Waals surface area contributed by atoms with Crippen molar-refractivity contribution in [3.8, 4) is 12.1 Å². The summed E-state index contributed by atoms with van der Waals surface area (Å²) < 4.78 is 0. The molecule has 0 aliphatic carbocycles. The van der Waals surface area contributed by atoms with E-state index >= 15 is 0 Å². The standard InChI is InChI=1S/C11H6ClN3OS/c12-9-3-1-7(2-4-9)10(16)15-11(17)8(5-13)6-14/h1-4,8H,(H,15,16,17). The number of hydrogen-bond acceptors (Lipinski definition) is 4. The topological polar surface area (TPSA) is 76.7 Å². The van der Waals surface area contributed by atoms with Crippen LogP contribution in [0.5, 0.6) is 0 Å². The number of hydrogen-bond donors (Lipinski definition) is 1. The molecule has 0 atom stereocenters. The monoisotopic (exact) mass is 263 g/mol. The van der Waals surface area contributed by atoms with E-state index in [2.05, 4.69) is 5.32 Å². The summed E-state index contributed by atoms with van der Waals surface area (Å²) in [5, 5.41) is 20.0. The van der Waals surface area contributed by atoms with Crippen LogP contribution in [0.25, 0.3) is 0 Å². The highest BCUT2D eigenvalue weighted by Gasteiger charge is 2.16. The van der Waals surface area contributed by atoms with E-state index in [-0.39, 0.29) is 4.99 Å². The number of carbonyl (C=O) groups is 1. The van der Waals surface area contributed by atoms with E-state index in [1.165, 1.54) is 12.1 Å². The highest BCUT2D eigenvalue weighted by atomic mass is 35.5. The molecule has 0 heterocycles. The van der Waals surface area contributed by atoms with Crippen LogP contribution in [0.2, 0.25) is 5.02 Å². The number of amides is 1. The van der Waals surface area contributed by atoms with E-state index in [9.17, 15) is 4.79 Å². The third kappa shape index (κ3) is 3.53. The van der Waals surface area contributed by atoms with Gasteiger partial charge in [-0.2, -0.15) is 10.5 Å². The fourth-order valence-corrected chi connectivity index (χ4v) is 1.33. The molecule has 17 heavy (non-hydrogen) atoms. The predicted molar refractivity (Wildman–Crippen MR) is 66.2 cm³/mol. The van der Waals surface area contributed by atoms with Gasteiger partial charge in [0.05, 0.1) is 12.1 Å². The molecule has 0 aliphatic heterocycles. The van der Waals surface area contributed by atoms with Crippen molar-refractivity contribution in [1.82, 2.24) is 5.32 Å². The first kappa shape index (κ1) is 13.1. The number of benzene rings is 1. The van der Waals surface area contributed by atoms with E-state index in [4.69, 9.17) is 34.3 Å². The van der Waals surface area contributed by atoms with Gasteiger partial charge in [0.1, 0.15) is 4.99 Å². The Morgan fingerprint density at radius 1 is 1.29 bits per heavy atom. The molecular weight excluding hydrogens is 258 g/mol. The maximum atomic E-state index is 11.6. The molecule has 0 aromatic heterocycles. The van der Waals surface area contributed by atoms with E-state index in [1.54, 1.807) is 24.3 Å².